The number of aryl methyl sites for hydroxylation is 1. The maximum Gasteiger partial charge on any atom is 0.214 e. The molecule has 2 aromatic carbocycles. The summed E-state index contributed by atoms with van der Waals surface area (Å²) < 4.78 is 40.7. The van der Waals surface area contributed by atoms with Crippen molar-refractivity contribution in [2.75, 3.05) is 17.0 Å². The molecular formula is C28H28F2N6O3S. The molecule has 0 saturated heterocycles. The van der Waals surface area contributed by atoms with E-state index in [1.54, 1.807) is 48.6 Å². The Bertz CT molecular complexity index is 1600. The number of aromatic amines is 1. The van der Waals surface area contributed by atoms with Gasteiger partial charge in [-0.25, -0.2) is 13.8 Å². The fraction of sp³-hybridized carbons (Fsp3) is 0.214. The number of ether oxygens (including phenoxy) is 1. The molecule has 0 amide bonds. The predicted molar refractivity (Wildman–Crippen MR) is 153 cm³/mol. The Kier molecular flexibility index (Phi) is 8.08. The van der Waals surface area contributed by atoms with Crippen molar-refractivity contribution < 1.29 is 23.4 Å². The second-order valence-electron chi connectivity index (χ2n) is 9.22. The molecule has 9 nitrogen and oxygen atoms in total. The van der Waals surface area contributed by atoms with Gasteiger partial charge in [0.05, 0.1) is 28.8 Å². The quantitative estimate of drug-likeness (QED) is 0.100. The molecule has 1 aliphatic carbocycles. The lowest BCUT2D eigenvalue weighted by Gasteiger charge is -2.20. The first-order valence-electron chi connectivity index (χ1n) is 12.6. The maximum atomic E-state index is 14.1. The fourth-order valence-electron chi connectivity index (χ4n) is 4.30. The number of nitrogens with one attached hydrogen (secondary N) is 3. The van der Waals surface area contributed by atoms with Crippen LogP contribution in [0.25, 0.3) is 16.6 Å². The van der Waals surface area contributed by atoms with Crippen molar-refractivity contribution in [2.45, 2.75) is 32.5 Å². The van der Waals surface area contributed by atoms with Gasteiger partial charge in [-0.3, -0.25) is 9.74 Å². The van der Waals surface area contributed by atoms with Crippen LogP contribution in [0.5, 0.6) is 11.5 Å². The number of nitrogens with two attached hydrogens (primary N) is 1. The summed E-state index contributed by atoms with van der Waals surface area (Å²) in [4.78, 5) is 20.5. The zero-order valence-corrected chi connectivity index (χ0v) is 22.6. The highest BCUT2D eigenvalue weighted by Crippen LogP contribution is 2.33. The summed E-state index contributed by atoms with van der Waals surface area (Å²) in [6.45, 7) is 4.65. The largest absolute Gasteiger partial charge is 0.483 e. The molecule has 5 N–H and O–H groups in total. The monoisotopic (exact) mass is 566 g/mol. The second kappa shape index (κ2) is 11.8. The number of halogens is 2. The zero-order chi connectivity index (χ0) is 28.2. The number of aromatic nitrogens is 3. The summed E-state index contributed by atoms with van der Waals surface area (Å²) >= 11 is 1.21. The average Bonchev–Trinajstić information content (AvgIpc) is 3.54. The first kappa shape index (κ1) is 27.3. The molecule has 0 spiro atoms. The Hall–Kier alpha value is -4.29. The first-order chi connectivity index (χ1) is 19.4. The molecule has 0 aliphatic heterocycles. The van der Waals surface area contributed by atoms with Crippen LogP contribution in [0.15, 0.2) is 66.9 Å². The first-order valence-corrected chi connectivity index (χ1v) is 13.5. The molecule has 1 aliphatic rings. The van der Waals surface area contributed by atoms with Crippen molar-refractivity contribution in [1.82, 2.24) is 19.5 Å². The number of anilines is 2. The van der Waals surface area contributed by atoms with E-state index < -0.39 is 12.3 Å². The summed E-state index contributed by atoms with van der Waals surface area (Å²) in [5.41, 5.74) is 9.26. The van der Waals surface area contributed by atoms with Crippen LogP contribution in [-0.4, -0.2) is 39.4 Å². The number of carbonyl (C=O) groups is 1. The maximum absolute atomic E-state index is 14.1. The Morgan fingerprint density at radius 1 is 1.23 bits per heavy atom. The van der Waals surface area contributed by atoms with Crippen LogP contribution >= 0.6 is 12.1 Å². The Morgan fingerprint density at radius 2 is 2.05 bits per heavy atom. The summed E-state index contributed by atoms with van der Waals surface area (Å²) in [5.74, 6) is 0.265. The van der Waals surface area contributed by atoms with Gasteiger partial charge < -0.3 is 20.2 Å². The fourth-order valence-corrected chi connectivity index (χ4v) is 4.95. The van der Waals surface area contributed by atoms with Crippen molar-refractivity contribution in [3.63, 3.8) is 0 Å². The highest BCUT2D eigenvalue weighted by molar-refractivity contribution is 7.98. The SMILES string of the molecule is CCCNSNc1cc2[nH]c(C(=O)c3cnn(-c4ccc(OC5C=CC=CC5F)cc4C)c3N)cc2cc1OF. The number of nitrogens with zero attached hydrogens (tertiary/aromatic N) is 2. The number of H-pyrrole nitrogens is 1. The van der Waals surface area contributed by atoms with Crippen molar-refractivity contribution in [2.24, 2.45) is 0 Å². The van der Waals surface area contributed by atoms with Crippen LogP contribution in [0.4, 0.5) is 20.4 Å². The summed E-state index contributed by atoms with van der Waals surface area (Å²) in [7, 11) is 0. The van der Waals surface area contributed by atoms with Gasteiger partial charge >= 0.3 is 0 Å². The van der Waals surface area contributed by atoms with Gasteiger partial charge in [-0.15, -0.1) is 0 Å². The minimum atomic E-state index is -1.23. The molecule has 0 bridgehead atoms. The highest BCUT2D eigenvalue weighted by atomic mass is 32.2. The minimum Gasteiger partial charge on any atom is -0.483 e. The van der Waals surface area contributed by atoms with Gasteiger partial charge in [0.15, 0.2) is 18.0 Å². The Morgan fingerprint density at radius 3 is 2.80 bits per heavy atom. The zero-order valence-electron chi connectivity index (χ0n) is 21.8. The van der Waals surface area contributed by atoms with E-state index in [1.165, 1.54) is 35.2 Å². The molecule has 0 fully saturated rings. The molecule has 2 aromatic heterocycles. The van der Waals surface area contributed by atoms with Crippen molar-refractivity contribution in [3.05, 3.63) is 83.7 Å². The van der Waals surface area contributed by atoms with E-state index in [1.807, 2.05) is 13.8 Å². The van der Waals surface area contributed by atoms with E-state index in [-0.39, 0.29) is 28.6 Å². The number of nitrogen functional groups attached to an aromatic ring is 1. The lowest BCUT2D eigenvalue weighted by atomic mass is 10.1. The van der Waals surface area contributed by atoms with Crippen LogP contribution in [0.1, 0.15) is 35.0 Å². The number of hydrogen-bond acceptors (Lipinski definition) is 8. The van der Waals surface area contributed by atoms with E-state index in [4.69, 9.17) is 10.5 Å². The summed E-state index contributed by atoms with van der Waals surface area (Å²) in [6, 6.07) is 9.98. The standard InChI is InChI=1S/C28H28F2N6O3S/c1-3-10-33-40-35-22-14-21-17(13-26(22)39-30)12-23(34-21)27(37)19-15-32-36(28(19)31)24-9-8-18(11-16(24)2)38-25-7-5-4-6-20(25)29/h4-9,11-15,20,25,33-35H,3,10,31H2,1-2H3. The van der Waals surface area contributed by atoms with Gasteiger partial charge in [0.25, 0.3) is 0 Å². The van der Waals surface area contributed by atoms with Gasteiger partial charge in [-0.05, 0) is 67.5 Å². The highest BCUT2D eigenvalue weighted by Gasteiger charge is 2.22. The van der Waals surface area contributed by atoms with E-state index in [0.717, 1.165) is 18.5 Å². The van der Waals surface area contributed by atoms with Crippen LogP contribution in [0.2, 0.25) is 0 Å². The van der Waals surface area contributed by atoms with Crippen LogP contribution in [0, 0.1) is 6.92 Å². The predicted octanol–water partition coefficient (Wildman–Crippen LogP) is 5.92. The van der Waals surface area contributed by atoms with Crippen LogP contribution in [0.3, 0.4) is 0 Å². The van der Waals surface area contributed by atoms with E-state index in [9.17, 15) is 13.7 Å². The number of allylic oxidation sites excluding steroid dienone is 2. The molecule has 4 aromatic rings. The second-order valence-corrected chi connectivity index (χ2v) is 9.92. The average molecular weight is 567 g/mol. The van der Waals surface area contributed by atoms with Crippen LogP contribution in [-0.2, 0) is 0 Å². The van der Waals surface area contributed by atoms with Gasteiger partial charge in [0, 0.05) is 34.1 Å². The molecule has 5 rings (SSSR count). The lowest BCUT2D eigenvalue weighted by molar-refractivity contribution is -0.00504. The molecule has 40 heavy (non-hydrogen) atoms. The van der Waals surface area contributed by atoms with Crippen molar-refractivity contribution in [1.29, 1.82) is 0 Å². The topological polar surface area (TPSA) is 119 Å². The third-order valence-electron chi connectivity index (χ3n) is 6.37. The molecule has 0 saturated carbocycles. The molecule has 208 valence electrons. The van der Waals surface area contributed by atoms with Gasteiger partial charge in [-0.2, -0.15) is 5.10 Å². The normalized spacial score (nSPS) is 16.4. The molecule has 12 heteroatoms. The number of carbonyl (C=O) groups excluding carboxylic acids is 1. The number of fused-ring (bicyclic) bond motifs is 1. The van der Waals surface area contributed by atoms with Gasteiger partial charge in [0.2, 0.25) is 5.78 Å². The number of ketones is 1. The van der Waals surface area contributed by atoms with Crippen molar-refractivity contribution in [3.8, 4) is 17.2 Å². The molecule has 2 atom stereocenters. The van der Waals surface area contributed by atoms with E-state index >= 15 is 0 Å². The Labute approximate surface area is 233 Å². The smallest absolute Gasteiger partial charge is 0.214 e. The Balaban J connectivity index is 1.36. The molecule has 2 unspecified atom stereocenters. The minimum absolute atomic E-state index is 0.00968. The number of hydrogen-bond donors (Lipinski definition) is 4. The van der Waals surface area contributed by atoms with Crippen LogP contribution < -0.4 is 24.9 Å². The third kappa shape index (κ3) is 5.54. The molecular weight excluding hydrogens is 538 g/mol. The van der Waals surface area contributed by atoms with E-state index in [0.29, 0.717) is 28.0 Å². The molecule has 2 heterocycles. The number of rotatable bonds is 11. The lowest BCUT2D eigenvalue weighted by Crippen LogP contribution is -2.26. The van der Waals surface area contributed by atoms with E-state index in [2.05, 4.69) is 24.5 Å². The van der Waals surface area contributed by atoms with Gasteiger partial charge in [-0.1, -0.05) is 19.1 Å². The number of benzene rings is 2. The summed E-state index contributed by atoms with van der Waals surface area (Å²) in [5, 5.41) is 4.93. The van der Waals surface area contributed by atoms with Crippen molar-refractivity contribution >= 4 is 40.3 Å². The van der Waals surface area contributed by atoms with Gasteiger partial charge in [0.1, 0.15) is 11.6 Å². The number of alkyl halides is 1. The summed E-state index contributed by atoms with van der Waals surface area (Å²) in [6.07, 6.45) is 6.89. The third-order valence-corrected chi connectivity index (χ3v) is 7.04. The molecule has 0 radical (unpaired) electrons.